The van der Waals surface area contributed by atoms with Gasteiger partial charge in [-0.15, -0.1) is 0 Å². The number of carbonyl (C=O) groups is 1. The number of anilines is 1. The normalized spacial score (nSPS) is 13.9. The van der Waals surface area contributed by atoms with Gasteiger partial charge in [-0.1, -0.05) is 6.92 Å². The molecular formula is C19H19F3N2O5S. The van der Waals surface area contributed by atoms with E-state index in [1.54, 1.807) is 18.2 Å². The van der Waals surface area contributed by atoms with E-state index in [-0.39, 0.29) is 11.4 Å². The van der Waals surface area contributed by atoms with E-state index < -0.39 is 34.2 Å². The van der Waals surface area contributed by atoms with Gasteiger partial charge >= 0.3 is 6.18 Å². The van der Waals surface area contributed by atoms with Crippen molar-refractivity contribution in [2.24, 2.45) is 0 Å². The maximum Gasteiger partial charge on any atom is 0.416 e. The number of likely N-dealkylation sites (N-methyl/N-ethyl adjacent to an activating group) is 1. The van der Waals surface area contributed by atoms with E-state index >= 15 is 0 Å². The van der Waals surface area contributed by atoms with E-state index in [0.717, 1.165) is 16.4 Å². The number of halogens is 3. The first kappa shape index (κ1) is 21.9. The third kappa shape index (κ3) is 4.85. The zero-order valence-electron chi connectivity index (χ0n) is 15.9. The molecule has 1 aliphatic heterocycles. The van der Waals surface area contributed by atoms with E-state index in [2.05, 4.69) is 5.32 Å². The van der Waals surface area contributed by atoms with Crippen molar-refractivity contribution in [3.05, 3.63) is 48.0 Å². The lowest BCUT2D eigenvalue weighted by Crippen LogP contribution is -2.37. The molecule has 7 nitrogen and oxygen atoms in total. The number of benzene rings is 2. The molecule has 162 valence electrons. The number of rotatable bonds is 6. The Morgan fingerprint density at radius 1 is 1.07 bits per heavy atom. The second-order valence-electron chi connectivity index (χ2n) is 6.36. The monoisotopic (exact) mass is 444 g/mol. The highest BCUT2D eigenvalue weighted by Crippen LogP contribution is 2.33. The van der Waals surface area contributed by atoms with Crippen molar-refractivity contribution in [1.29, 1.82) is 0 Å². The van der Waals surface area contributed by atoms with E-state index in [9.17, 15) is 26.4 Å². The predicted octanol–water partition coefficient (Wildman–Crippen LogP) is 3.13. The molecule has 1 aliphatic rings. The van der Waals surface area contributed by atoms with Crippen LogP contribution in [0.5, 0.6) is 11.5 Å². The van der Waals surface area contributed by atoms with Gasteiger partial charge in [0.15, 0.2) is 11.5 Å². The Morgan fingerprint density at radius 2 is 1.70 bits per heavy atom. The van der Waals surface area contributed by atoms with Crippen molar-refractivity contribution >= 4 is 21.6 Å². The van der Waals surface area contributed by atoms with Crippen LogP contribution in [0, 0.1) is 0 Å². The summed E-state index contributed by atoms with van der Waals surface area (Å²) in [4.78, 5) is 12.0. The molecule has 0 aliphatic carbocycles. The lowest BCUT2D eigenvalue weighted by Gasteiger charge is -2.21. The van der Waals surface area contributed by atoms with Gasteiger partial charge in [-0.3, -0.25) is 4.79 Å². The van der Waals surface area contributed by atoms with Crippen LogP contribution in [0.15, 0.2) is 47.4 Å². The first-order valence-electron chi connectivity index (χ1n) is 8.98. The lowest BCUT2D eigenvalue weighted by atomic mass is 10.2. The fourth-order valence-electron chi connectivity index (χ4n) is 2.81. The molecule has 30 heavy (non-hydrogen) atoms. The largest absolute Gasteiger partial charge is 0.486 e. The second-order valence-corrected chi connectivity index (χ2v) is 8.30. The molecule has 0 fully saturated rings. The molecule has 1 amide bonds. The van der Waals surface area contributed by atoms with Gasteiger partial charge in [-0.2, -0.15) is 17.5 Å². The van der Waals surface area contributed by atoms with Gasteiger partial charge in [0.05, 0.1) is 17.0 Å². The van der Waals surface area contributed by atoms with Crippen molar-refractivity contribution in [3.63, 3.8) is 0 Å². The van der Waals surface area contributed by atoms with E-state index in [0.29, 0.717) is 42.5 Å². The first-order chi connectivity index (χ1) is 14.1. The summed E-state index contributed by atoms with van der Waals surface area (Å²) in [6.45, 7) is 1.77. The Bertz CT molecular complexity index is 1020. The molecule has 0 saturated carbocycles. The molecule has 0 aromatic heterocycles. The molecule has 0 unspecified atom stereocenters. The first-order valence-corrected chi connectivity index (χ1v) is 10.4. The van der Waals surface area contributed by atoms with Crippen LogP contribution in [0.2, 0.25) is 0 Å². The zero-order valence-corrected chi connectivity index (χ0v) is 16.7. The summed E-state index contributed by atoms with van der Waals surface area (Å²) in [6, 6.07) is 7.91. The van der Waals surface area contributed by atoms with Crippen LogP contribution in [-0.4, -0.2) is 44.9 Å². The molecule has 2 aromatic rings. The number of hydrogen-bond donors (Lipinski definition) is 1. The summed E-state index contributed by atoms with van der Waals surface area (Å²) in [7, 11) is -4.15. The second kappa shape index (κ2) is 8.52. The Labute approximate surface area is 171 Å². The van der Waals surface area contributed by atoms with Crippen molar-refractivity contribution in [2.75, 3.05) is 31.6 Å². The molecule has 0 spiro atoms. The van der Waals surface area contributed by atoms with E-state index in [1.807, 2.05) is 0 Å². The van der Waals surface area contributed by atoms with Gasteiger partial charge in [0.1, 0.15) is 13.2 Å². The van der Waals surface area contributed by atoms with Crippen LogP contribution in [0.4, 0.5) is 18.9 Å². The number of hydrogen-bond acceptors (Lipinski definition) is 5. The van der Waals surface area contributed by atoms with Crippen molar-refractivity contribution in [1.82, 2.24) is 4.31 Å². The molecule has 0 radical (unpaired) electrons. The van der Waals surface area contributed by atoms with Crippen LogP contribution in [-0.2, 0) is 21.0 Å². The van der Waals surface area contributed by atoms with E-state index in [1.165, 1.54) is 6.92 Å². The minimum atomic E-state index is -4.57. The van der Waals surface area contributed by atoms with Crippen molar-refractivity contribution < 1.29 is 35.9 Å². The highest BCUT2D eigenvalue weighted by atomic mass is 32.2. The number of nitrogens with one attached hydrogen (secondary N) is 1. The maximum absolute atomic E-state index is 12.7. The number of sulfonamides is 1. The number of ether oxygens (including phenoxy) is 2. The minimum absolute atomic E-state index is 0.0437. The molecule has 0 bridgehead atoms. The summed E-state index contributed by atoms with van der Waals surface area (Å²) < 4.78 is 75.3. The molecule has 2 aromatic carbocycles. The van der Waals surface area contributed by atoms with Gasteiger partial charge in [-0.05, 0) is 36.4 Å². The summed E-state index contributed by atoms with van der Waals surface area (Å²) >= 11 is 0. The van der Waals surface area contributed by atoms with Crippen molar-refractivity contribution in [2.45, 2.75) is 18.0 Å². The van der Waals surface area contributed by atoms with Gasteiger partial charge in [-0.25, -0.2) is 8.42 Å². The SMILES string of the molecule is CCN(CC(=O)Nc1ccc2c(c1)OCCO2)S(=O)(=O)c1ccc(C(F)(F)F)cc1. The topological polar surface area (TPSA) is 84.9 Å². The average Bonchev–Trinajstić information content (AvgIpc) is 2.71. The summed E-state index contributed by atoms with van der Waals surface area (Å²) in [6.07, 6.45) is -4.57. The molecule has 3 rings (SSSR count). The Morgan fingerprint density at radius 3 is 2.30 bits per heavy atom. The quantitative estimate of drug-likeness (QED) is 0.740. The summed E-state index contributed by atoms with van der Waals surface area (Å²) in [5, 5.41) is 2.58. The van der Waals surface area contributed by atoms with Crippen LogP contribution in [0.25, 0.3) is 0 Å². The number of fused-ring (bicyclic) bond motifs is 1. The third-order valence-electron chi connectivity index (χ3n) is 4.32. The van der Waals surface area contributed by atoms with Crippen molar-refractivity contribution in [3.8, 4) is 11.5 Å². The summed E-state index contributed by atoms with van der Waals surface area (Å²) in [5.74, 6) is 0.395. The highest BCUT2D eigenvalue weighted by molar-refractivity contribution is 7.89. The smallest absolute Gasteiger partial charge is 0.416 e. The Hall–Kier alpha value is -2.79. The molecule has 11 heteroatoms. The standard InChI is InChI=1S/C19H19F3N2O5S/c1-2-24(30(26,27)15-6-3-13(4-7-15)19(20,21)22)12-18(25)23-14-5-8-16-17(11-14)29-10-9-28-16/h3-8,11H,2,9-10,12H2,1H3,(H,23,25). The molecule has 0 atom stereocenters. The maximum atomic E-state index is 12.7. The van der Waals surface area contributed by atoms with Gasteiger partial charge < -0.3 is 14.8 Å². The van der Waals surface area contributed by atoms with Crippen LogP contribution in [0.1, 0.15) is 12.5 Å². The summed E-state index contributed by atoms with van der Waals surface area (Å²) in [5.41, 5.74) is -0.562. The van der Waals surface area contributed by atoms with Crippen LogP contribution < -0.4 is 14.8 Å². The number of nitrogens with zero attached hydrogens (tertiary/aromatic N) is 1. The number of carbonyl (C=O) groups excluding carboxylic acids is 1. The fraction of sp³-hybridized carbons (Fsp3) is 0.316. The lowest BCUT2D eigenvalue weighted by molar-refractivity contribution is -0.137. The molecule has 1 heterocycles. The number of amides is 1. The predicted molar refractivity (Wildman–Crippen MR) is 102 cm³/mol. The van der Waals surface area contributed by atoms with Crippen LogP contribution >= 0.6 is 0 Å². The van der Waals surface area contributed by atoms with Gasteiger partial charge in [0.2, 0.25) is 15.9 Å². The molecular weight excluding hydrogens is 425 g/mol. The third-order valence-corrected chi connectivity index (χ3v) is 6.25. The zero-order chi connectivity index (χ0) is 21.9. The minimum Gasteiger partial charge on any atom is -0.486 e. The average molecular weight is 444 g/mol. The van der Waals surface area contributed by atoms with Gasteiger partial charge in [0, 0.05) is 18.3 Å². The highest BCUT2D eigenvalue weighted by Gasteiger charge is 2.31. The Kier molecular flexibility index (Phi) is 6.22. The number of alkyl halides is 3. The fourth-order valence-corrected chi connectivity index (χ4v) is 4.22. The van der Waals surface area contributed by atoms with Crippen LogP contribution in [0.3, 0.4) is 0 Å². The Balaban J connectivity index is 1.71. The van der Waals surface area contributed by atoms with Gasteiger partial charge in [0.25, 0.3) is 0 Å². The molecule has 0 saturated heterocycles. The van der Waals surface area contributed by atoms with E-state index in [4.69, 9.17) is 9.47 Å². The molecule has 1 N–H and O–H groups in total.